The van der Waals surface area contributed by atoms with Crippen LogP contribution in [0.2, 0.25) is 0 Å². The van der Waals surface area contributed by atoms with E-state index in [0.29, 0.717) is 31.3 Å². The molecule has 0 N–H and O–H groups in total. The van der Waals surface area contributed by atoms with Gasteiger partial charge in [0.2, 0.25) is 5.95 Å². The summed E-state index contributed by atoms with van der Waals surface area (Å²) in [5.74, 6) is 0.677. The summed E-state index contributed by atoms with van der Waals surface area (Å²) in [6.07, 6.45) is 4.33. The zero-order valence-corrected chi connectivity index (χ0v) is 16.5. The predicted octanol–water partition coefficient (Wildman–Crippen LogP) is 2.71. The van der Waals surface area contributed by atoms with Crippen molar-refractivity contribution in [1.29, 1.82) is 0 Å². The number of aromatic nitrogens is 3. The molecule has 6 nitrogen and oxygen atoms in total. The molecule has 0 radical (unpaired) electrons. The summed E-state index contributed by atoms with van der Waals surface area (Å²) >= 11 is 0. The van der Waals surface area contributed by atoms with Crippen LogP contribution in [0.5, 0.6) is 0 Å². The number of morpholine rings is 1. The number of nitrogens with zero attached hydrogens (tertiary/aromatic N) is 4. The lowest BCUT2D eigenvalue weighted by Gasteiger charge is -2.34. The number of rotatable bonds is 4. The molecule has 28 heavy (non-hydrogen) atoms. The third kappa shape index (κ3) is 4.40. The summed E-state index contributed by atoms with van der Waals surface area (Å²) in [7, 11) is 1.77. The van der Waals surface area contributed by atoms with E-state index in [1.807, 2.05) is 30.3 Å². The molecule has 146 valence electrons. The van der Waals surface area contributed by atoms with E-state index in [4.69, 9.17) is 9.72 Å². The Morgan fingerprint density at radius 1 is 1.14 bits per heavy atom. The standard InChI is InChI=1S/C21H22N4O2.ClH/c1-24-20(26)14-19(17-7-9-22-10-8-17)23-21(24)25-11-12-27-18(15-25)13-16-5-3-2-4-6-16;/h2-10,14,18H,11-13,15H2,1H3;1H. The van der Waals surface area contributed by atoms with Gasteiger partial charge >= 0.3 is 0 Å². The molecule has 1 unspecified atom stereocenters. The van der Waals surface area contributed by atoms with Gasteiger partial charge < -0.3 is 9.64 Å². The van der Waals surface area contributed by atoms with Gasteiger partial charge in [0, 0.05) is 50.6 Å². The fourth-order valence-electron chi connectivity index (χ4n) is 3.38. The van der Waals surface area contributed by atoms with Gasteiger partial charge in [-0.1, -0.05) is 30.3 Å². The topological polar surface area (TPSA) is 60.2 Å². The summed E-state index contributed by atoms with van der Waals surface area (Å²) in [6, 6.07) is 15.6. The van der Waals surface area contributed by atoms with Gasteiger partial charge in [0.05, 0.1) is 18.4 Å². The lowest BCUT2D eigenvalue weighted by Crippen LogP contribution is -2.45. The molecule has 1 aliphatic heterocycles. The number of ether oxygens (including phenoxy) is 1. The molecule has 4 rings (SSSR count). The van der Waals surface area contributed by atoms with E-state index in [1.165, 1.54) is 5.56 Å². The van der Waals surface area contributed by atoms with Crippen molar-refractivity contribution >= 4 is 18.4 Å². The van der Waals surface area contributed by atoms with Crippen LogP contribution in [0.1, 0.15) is 5.56 Å². The molecule has 0 saturated carbocycles. The predicted molar refractivity (Wildman–Crippen MR) is 112 cm³/mol. The Morgan fingerprint density at radius 2 is 1.89 bits per heavy atom. The van der Waals surface area contributed by atoms with Crippen LogP contribution in [-0.4, -0.2) is 40.3 Å². The maximum Gasteiger partial charge on any atom is 0.255 e. The van der Waals surface area contributed by atoms with Gasteiger partial charge in [0.25, 0.3) is 5.56 Å². The van der Waals surface area contributed by atoms with Gasteiger partial charge in [-0.2, -0.15) is 0 Å². The highest BCUT2D eigenvalue weighted by molar-refractivity contribution is 5.85. The first kappa shape index (κ1) is 20.0. The quantitative estimate of drug-likeness (QED) is 0.676. The van der Waals surface area contributed by atoms with Crippen LogP contribution in [0, 0.1) is 0 Å². The van der Waals surface area contributed by atoms with Gasteiger partial charge in [0.15, 0.2) is 0 Å². The first-order chi connectivity index (χ1) is 13.2. The van der Waals surface area contributed by atoms with Gasteiger partial charge in [0.1, 0.15) is 0 Å². The second kappa shape index (κ2) is 8.99. The average molecular weight is 399 g/mol. The molecular formula is C21H23ClN4O2. The first-order valence-corrected chi connectivity index (χ1v) is 9.09. The van der Waals surface area contributed by atoms with Crippen molar-refractivity contribution in [2.45, 2.75) is 12.5 Å². The highest BCUT2D eigenvalue weighted by atomic mass is 35.5. The molecule has 2 aromatic heterocycles. The summed E-state index contributed by atoms with van der Waals surface area (Å²) in [5, 5.41) is 0. The second-order valence-corrected chi connectivity index (χ2v) is 6.70. The highest BCUT2D eigenvalue weighted by Crippen LogP contribution is 2.20. The van der Waals surface area contributed by atoms with Crippen molar-refractivity contribution in [3.63, 3.8) is 0 Å². The molecule has 0 amide bonds. The Kier molecular flexibility index (Phi) is 6.44. The van der Waals surface area contributed by atoms with Crippen molar-refractivity contribution in [2.24, 2.45) is 7.05 Å². The molecule has 1 saturated heterocycles. The van der Waals surface area contributed by atoms with E-state index in [0.717, 1.165) is 12.0 Å². The monoisotopic (exact) mass is 398 g/mol. The van der Waals surface area contributed by atoms with Gasteiger partial charge in [-0.3, -0.25) is 14.3 Å². The van der Waals surface area contributed by atoms with Crippen molar-refractivity contribution in [1.82, 2.24) is 14.5 Å². The van der Waals surface area contributed by atoms with Crippen molar-refractivity contribution in [3.05, 3.63) is 76.8 Å². The maximum absolute atomic E-state index is 12.5. The number of hydrogen-bond acceptors (Lipinski definition) is 5. The first-order valence-electron chi connectivity index (χ1n) is 9.09. The van der Waals surface area contributed by atoms with E-state index in [-0.39, 0.29) is 24.1 Å². The van der Waals surface area contributed by atoms with E-state index in [1.54, 1.807) is 30.1 Å². The van der Waals surface area contributed by atoms with Gasteiger partial charge in [-0.25, -0.2) is 4.98 Å². The largest absolute Gasteiger partial charge is 0.374 e. The number of anilines is 1. The zero-order chi connectivity index (χ0) is 18.6. The Morgan fingerprint density at radius 3 is 2.64 bits per heavy atom. The average Bonchev–Trinajstić information content (AvgIpc) is 2.71. The molecule has 3 aromatic rings. The lowest BCUT2D eigenvalue weighted by molar-refractivity contribution is 0.0403. The van der Waals surface area contributed by atoms with Crippen LogP contribution in [-0.2, 0) is 18.2 Å². The molecule has 1 aromatic carbocycles. The number of hydrogen-bond donors (Lipinski definition) is 0. The minimum absolute atomic E-state index is 0. The third-order valence-electron chi connectivity index (χ3n) is 4.82. The lowest BCUT2D eigenvalue weighted by atomic mass is 10.1. The van der Waals surface area contributed by atoms with Crippen LogP contribution in [0.25, 0.3) is 11.3 Å². The van der Waals surface area contributed by atoms with Crippen LogP contribution in [0.15, 0.2) is 65.7 Å². The molecule has 7 heteroatoms. The molecule has 3 heterocycles. The van der Waals surface area contributed by atoms with E-state index < -0.39 is 0 Å². The van der Waals surface area contributed by atoms with E-state index in [9.17, 15) is 4.79 Å². The van der Waals surface area contributed by atoms with Crippen LogP contribution in [0.4, 0.5) is 5.95 Å². The number of pyridine rings is 1. The highest BCUT2D eigenvalue weighted by Gasteiger charge is 2.24. The van der Waals surface area contributed by atoms with Crippen LogP contribution < -0.4 is 10.5 Å². The second-order valence-electron chi connectivity index (χ2n) is 6.70. The molecule has 1 atom stereocenters. The van der Waals surface area contributed by atoms with Crippen molar-refractivity contribution < 1.29 is 4.74 Å². The minimum Gasteiger partial charge on any atom is -0.374 e. The molecule has 1 fully saturated rings. The van der Waals surface area contributed by atoms with E-state index >= 15 is 0 Å². The summed E-state index contributed by atoms with van der Waals surface area (Å²) in [5.41, 5.74) is 2.73. The van der Waals surface area contributed by atoms with Crippen molar-refractivity contribution in [2.75, 3.05) is 24.6 Å². The molecule has 0 bridgehead atoms. The molecule has 0 spiro atoms. The van der Waals surface area contributed by atoms with Crippen molar-refractivity contribution in [3.8, 4) is 11.3 Å². The van der Waals surface area contributed by atoms with Crippen LogP contribution in [0.3, 0.4) is 0 Å². The minimum atomic E-state index is -0.0714. The summed E-state index contributed by atoms with van der Waals surface area (Å²) in [4.78, 5) is 23.4. The third-order valence-corrected chi connectivity index (χ3v) is 4.82. The van der Waals surface area contributed by atoms with Gasteiger partial charge in [-0.15, -0.1) is 12.4 Å². The SMILES string of the molecule is Cl.Cn1c(N2CCOC(Cc3ccccc3)C2)nc(-c2ccncc2)cc1=O. The van der Waals surface area contributed by atoms with E-state index in [2.05, 4.69) is 22.0 Å². The smallest absolute Gasteiger partial charge is 0.255 e. The Labute approximate surface area is 170 Å². The fourth-order valence-corrected chi connectivity index (χ4v) is 3.38. The van der Waals surface area contributed by atoms with Gasteiger partial charge in [-0.05, 0) is 17.7 Å². The number of halogens is 1. The fraction of sp³-hybridized carbons (Fsp3) is 0.286. The van der Waals surface area contributed by atoms with Crippen LogP contribution >= 0.6 is 12.4 Å². The number of benzene rings is 1. The molecule has 1 aliphatic rings. The Hall–Kier alpha value is -2.70. The maximum atomic E-state index is 12.5. The normalized spacial score (nSPS) is 16.5. The Bertz CT molecular complexity index is 963. The zero-order valence-electron chi connectivity index (χ0n) is 15.7. The Balaban J connectivity index is 0.00000225. The summed E-state index contributed by atoms with van der Waals surface area (Å²) < 4.78 is 7.56. The molecular weight excluding hydrogens is 376 g/mol. The summed E-state index contributed by atoms with van der Waals surface area (Å²) in [6.45, 7) is 2.03. The molecule has 0 aliphatic carbocycles.